The van der Waals surface area contributed by atoms with E-state index in [4.69, 9.17) is 0 Å². The summed E-state index contributed by atoms with van der Waals surface area (Å²) in [5, 5.41) is 16.5. The van der Waals surface area contributed by atoms with Crippen LogP contribution in [0.15, 0.2) is 58.4 Å². The molecule has 152 valence electrons. The number of aliphatic imine (C=N–C) groups is 1. The van der Waals surface area contributed by atoms with Gasteiger partial charge < -0.3 is 15.7 Å². The number of nitrogens with zero attached hydrogens (tertiary/aromatic N) is 1. The van der Waals surface area contributed by atoms with Crippen molar-refractivity contribution in [2.45, 2.75) is 24.3 Å². The molecule has 6 nitrogen and oxygen atoms in total. The minimum atomic E-state index is -3.19. The molecule has 1 unspecified atom stereocenters. The van der Waals surface area contributed by atoms with Gasteiger partial charge >= 0.3 is 0 Å². The van der Waals surface area contributed by atoms with E-state index in [9.17, 15) is 17.9 Å². The largest absolute Gasteiger partial charge is 0.386 e. The lowest BCUT2D eigenvalue weighted by molar-refractivity contribution is 0.187. The lowest BCUT2D eigenvalue weighted by Crippen LogP contribution is -2.38. The first kappa shape index (κ1) is 21.8. The number of halogens is 1. The van der Waals surface area contributed by atoms with Crippen LogP contribution < -0.4 is 10.6 Å². The van der Waals surface area contributed by atoms with E-state index in [1.165, 1.54) is 30.5 Å². The molecule has 2 rings (SSSR count). The Morgan fingerprint density at radius 2 is 1.75 bits per heavy atom. The van der Waals surface area contributed by atoms with Gasteiger partial charge in [-0.15, -0.1) is 0 Å². The number of sulfone groups is 1. The van der Waals surface area contributed by atoms with Crippen LogP contribution in [0.3, 0.4) is 0 Å². The van der Waals surface area contributed by atoms with Crippen LogP contribution >= 0.6 is 0 Å². The summed E-state index contributed by atoms with van der Waals surface area (Å²) in [5.74, 6) is 0.218. The number of aliphatic hydroxyl groups excluding tert-OH is 1. The normalized spacial score (nSPS) is 13.2. The predicted octanol–water partition coefficient (Wildman–Crippen LogP) is 2.06. The molecule has 0 spiro atoms. The van der Waals surface area contributed by atoms with Gasteiger partial charge in [-0.05, 0) is 48.7 Å². The molecule has 0 fully saturated rings. The Morgan fingerprint density at radius 1 is 1.11 bits per heavy atom. The van der Waals surface area contributed by atoms with Crippen molar-refractivity contribution >= 4 is 15.8 Å². The first-order valence-corrected chi connectivity index (χ1v) is 10.9. The highest BCUT2D eigenvalue weighted by molar-refractivity contribution is 7.90. The molecule has 2 aromatic rings. The minimum absolute atomic E-state index is 0.143. The number of hydrogen-bond donors (Lipinski definition) is 3. The lowest BCUT2D eigenvalue weighted by atomic mass is 10.1. The molecule has 0 bridgehead atoms. The third-order valence-corrected chi connectivity index (χ3v) is 5.21. The third-order valence-electron chi connectivity index (χ3n) is 4.08. The topological polar surface area (TPSA) is 90.8 Å². The maximum absolute atomic E-state index is 13.0. The fourth-order valence-corrected chi connectivity index (χ4v) is 3.17. The quantitative estimate of drug-likeness (QED) is 0.460. The van der Waals surface area contributed by atoms with Gasteiger partial charge in [0.2, 0.25) is 0 Å². The van der Waals surface area contributed by atoms with Crippen molar-refractivity contribution in [2.24, 2.45) is 4.99 Å². The zero-order valence-corrected chi connectivity index (χ0v) is 16.8. The first-order chi connectivity index (χ1) is 13.3. The fraction of sp³-hybridized carbons (Fsp3) is 0.350. The van der Waals surface area contributed by atoms with E-state index in [0.29, 0.717) is 35.9 Å². The van der Waals surface area contributed by atoms with Crippen LogP contribution in [0.4, 0.5) is 4.39 Å². The third kappa shape index (κ3) is 6.94. The fourth-order valence-electron chi connectivity index (χ4n) is 2.54. The minimum Gasteiger partial charge on any atom is -0.386 e. The van der Waals surface area contributed by atoms with Gasteiger partial charge in [0.05, 0.1) is 17.5 Å². The summed E-state index contributed by atoms with van der Waals surface area (Å²) in [7, 11) is -3.19. The highest BCUT2D eigenvalue weighted by Gasteiger charge is 2.08. The maximum Gasteiger partial charge on any atom is 0.191 e. The monoisotopic (exact) mass is 407 g/mol. The van der Waals surface area contributed by atoms with Crippen LogP contribution in [-0.2, 0) is 16.3 Å². The molecule has 2 aromatic carbocycles. The average Bonchev–Trinajstić information content (AvgIpc) is 2.66. The summed E-state index contributed by atoms with van der Waals surface area (Å²) in [6.45, 7) is 3.35. The van der Waals surface area contributed by atoms with E-state index in [2.05, 4.69) is 15.6 Å². The first-order valence-electron chi connectivity index (χ1n) is 9.04. The predicted molar refractivity (Wildman–Crippen MR) is 109 cm³/mol. The maximum atomic E-state index is 13.0. The number of benzene rings is 2. The molecule has 3 N–H and O–H groups in total. The summed E-state index contributed by atoms with van der Waals surface area (Å²) in [4.78, 5) is 4.66. The van der Waals surface area contributed by atoms with E-state index >= 15 is 0 Å². The second-order valence-corrected chi connectivity index (χ2v) is 8.40. The van der Waals surface area contributed by atoms with Crippen molar-refractivity contribution in [3.05, 3.63) is 65.5 Å². The summed E-state index contributed by atoms with van der Waals surface area (Å²) in [5.41, 5.74) is 1.61. The highest BCUT2D eigenvalue weighted by Crippen LogP contribution is 2.13. The van der Waals surface area contributed by atoms with E-state index in [0.717, 1.165) is 5.56 Å². The molecule has 8 heteroatoms. The number of aliphatic hydroxyl groups is 1. The Balaban J connectivity index is 1.89. The Kier molecular flexibility index (Phi) is 7.95. The van der Waals surface area contributed by atoms with Crippen molar-refractivity contribution in [3.63, 3.8) is 0 Å². The van der Waals surface area contributed by atoms with E-state index < -0.39 is 15.9 Å². The molecule has 1 atom stereocenters. The summed E-state index contributed by atoms with van der Waals surface area (Å²) in [6, 6.07) is 12.5. The standard InChI is InChI=1S/C20H26FN3O3S/c1-3-22-20(24-14-19(25)16-6-8-17(21)9-7-16)23-13-12-15-4-10-18(11-5-15)28(2,26)27/h4-11,19,25H,3,12-14H2,1-2H3,(H2,22,23,24). The van der Waals surface area contributed by atoms with Crippen molar-refractivity contribution in [1.29, 1.82) is 0 Å². The molecule has 0 aliphatic carbocycles. The molecule has 28 heavy (non-hydrogen) atoms. The highest BCUT2D eigenvalue weighted by atomic mass is 32.2. The smallest absolute Gasteiger partial charge is 0.191 e. The number of nitrogens with one attached hydrogen (secondary N) is 2. The molecule has 0 saturated carbocycles. The average molecular weight is 408 g/mol. The van der Waals surface area contributed by atoms with Gasteiger partial charge in [-0.25, -0.2) is 12.8 Å². The molecule has 0 aliphatic heterocycles. The number of guanidine groups is 1. The number of rotatable bonds is 8. The zero-order valence-electron chi connectivity index (χ0n) is 16.0. The van der Waals surface area contributed by atoms with Gasteiger partial charge in [0.1, 0.15) is 5.82 Å². The SMILES string of the molecule is CCNC(=NCC(O)c1ccc(F)cc1)NCCc1ccc(S(C)(=O)=O)cc1. The van der Waals surface area contributed by atoms with Gasteiger partial charge in [0, 0.05) is 19.3 Å². The van der Waals surface area contributed by atoms with E-state index in [1.54, 1.807) is 24.3 Å². The van der Waals surface area contributed by atoms with Crippen LogP contribution in [0.5, 0.6) is 0 Å². The van der Waals surface area contributed by atoms with Crippen LogP contribution in [0, 0.1) is 5.82 Å². The second-order valence-electron chi connectivity index (χ2n) is 6.38. The molecule has 0 heterocycles. The van der Waals surface area contributed by atoms with Gasteiger partial charge in [-0.2, -0.15) is 0 Å². The Bertz CT molecular complexity index is 882. The molecule has 0 saturated heterocycles. The summed E-state index contributed by atoms with van der Waals surface area (Å²) >= 11 is 0. The number of hydrogen-bond acceptors (Lipinski definition) is 4. The van der Waals surface area contributed by atoms with Crippen molar-refractivity contribution in [1.82, 2.24) is 10.6 Å². The van der Waals surface area contributed by atoms with Crippen LogP contribution in [-0.4, -0.2) is 45.4 Å². The van der Waals surface area contributed by atoms with E-state index in [1.807, 2.05) is 6.92 Å². The van der Waals surface area contributed by atoms with Crippen molar-refractivity contribution in [2.75, 3.05) is 25.9 Å². The Morgan fingerprint density at radius 3 is 2.32 bits per heavy atom. The van der Waals surface area contributed by atoms with Gasteiger partial charge in [-0.3, -0.25) is 4.99 Å². The van der Waals surface area contributed by atoms with Crippen molar-refractivity contribution < 1.29 is 17.9 Å². The summed E-state index contributed by atoms with van der Waals surface area (Å²) < 4.78 is 35.9. The Labute approximate surface area is 165 Å². The van der Waals surface area contributed by atoms with Gasteiger partial charge in [-0.1, -0.05) is 24.3 Å². The molecule has 0 amide bonds. The molecule has 0 aliphatic rings. The zero-order chi connectivity index (χ0) is 20.6. The van der Waals surface area contributed by atoms with Crippen molar-refractivity contribution in [3.8, 4) is 0 Å². The lowest BCUT2D eigenvalue weighted by Gasteiger charge is -2.13. The van der Waals surface area contributed by atoms with Gasteiger partial charge in [0.25, 0.3) is 0 Å². The van der Waals surface area contributed by atoms with Crippen LogP contribution in [0.2, 0.25) is 0 Å². The molecular formula is C20H26FN3O3S. The Hall–Kier alpha value is -2.45. The van der Waals surface area contributed by atoms with Crippen LogP contribution in [0.25, 0.3) is 0 Å². The van der Waals surface area contributed by atoms with E-state index in [-0.39, 0.29) is 12.4 Å². The molecular weight excluding hydrogens is 381 g/mol. The van der Waals surface area contributed by atoms with Gasteiger partial charge in [0.15, 0.2) is 15.8 Å². The summed E-state index contributed by atoms with van der Waals surface area (Å²) in [6.07, 6.45) is 1.05. The molecule has 0 aromatic heterocycles. The molecule has 0 radical (unpaired) electrons. The second kappa shape index (κ2) is 10.2. The van der Waals surface area contributed by atoms with Crippen LogP contribution in [0.1, 0.15) is 24.2 Å².